The maximum atomic E-state index is 11.9. The minimum atomic E-state index is -0.159. The molecule has 2 aliphatic heterocycles. The van der Waals surface area contributed by atoms with E-state index in [2.05, 4.69) is 12.1 Å². The van der Waals surface area contributed by atoms with E-state index in [1.807, 2.05) is 18.2 Å². The maximum absolute atomic E-state index is 11.9. The van der Waals surface area contributed by atoms with E-state index >= 15 is 0 Å². The van der Waals surface area contributed by atoms with Crippen molar-refractivity contribution in [3.05, 3.63) is 95.6 Å². The van der Waals surface area contributed by atoms with E-state index in [-0.39, 0.29) is 11.5 Å². The van der Waals surface area contributed by atoms with E-state index in [4.69, 9.17) is 4.74 Å². The van der Waals surface area contributed by atoms with Gasteiger partial charge in [0.15, 0.2) is 5.78 Å². The van der Waals surface area contributed by atoms with Gasteiger partial charge in [-0.3, -0.25) is 4.79 Å². The van der Waals surface area contributed by atoms with Crippen molar-refractivity contribution >= 4 is 5.78 Å². The molecule has 0 amide bonds. The molecule has 0 aliphatic carbocycles. The van der Waals surface area contributed by atoms with E-state index in [1.165, 1.54) is 11.6 Å². The first-order valence-electron chi connectivity index (χ1n) is 7.33. The third-order valence-electron chi connectivity index (χ3n) is 3.51. The monoisotopic (exact) mass is 304 g/mol. The quantitative estimate of drug-likeness (QED) is 0.722. The zero-order valence-corrected chi connectivity index (χ0v) is 12.5. The van der Waals surface area contributed by atoms with Crippen LogP contribution in [-0.4, -0.2) is 10.9 Å². The van der Waals surface area contributed by atoms with Crippen LogP contribution in [0.2, 0.25) is 0 Å². The Labute approximate surface area is 134 Å². The number of hydrogen-bond acceptors (Lipinski definition) is 3. The number of aromatic hydroxyl groups is 1. The number of carbonyl (C=O) groups excluding carboxylic acids is 1. The van der Waals surface area contributed by atoms with Crippen molar-refractivity contribution in [1.82, 2.24) is 0 Å². The molecule has 3 nitrogen and oxygen atoms in total. The van der Waals surface area contributed by atoms with E-state index in [1.54, 1.807) is 42.5 Å². The largest absolute Gasteiger partial charge is 0.507 e. The summed E-state index contributed by atoms with van der Waals surface area (Å²) in [5, 5.41) is 9.52. The second-order valence-corrected chi connectivity index (χ2v) is 5.14. The average Bonchev–Trinajstić information content (AvgIpc) is 2.64. The minimum Gasteiger partial charge on any atom is -0.507 e. The van der Waals surface area contributed by atoms with Gasteiger partial charge < -0.3 is 9.84 Å². The lowest BCUT2D eigenvalue weighted by Crippen LogP contribution is -2.00. The van der Waals surface area contributed by atoms with Gasteiger partial charge in [0.2, 0.25) is 0 Å². The summed E-state index contributed by atoms with van der Waals surface area (Å²) in [4.78, 5) is 11.9. The van der Waals surface area contributed by atoms with Crippen molar-refractivity contribution < 1.29 is 14.6 Å². The van der Waals surface area contributed by atoms with Gasteiger partial charge in [-0.2, -0.15) is 0 Å². The highest BCUT2D eigenvalue weighted by Crippen LogP contribution is 2.20. The van der Waals surface area contributed by atoms with Crippen molar-refractivity contribution in [1.29, 1.82) is 0 Å². The van der Waals surface area contributed by atoms with Crippen LogP contribution in [-0.2, 0) is 6.61 Å². The standard InChI is InChI=1S/C13H10O2.C7H6O/c14-12-9-5-4-8-11(12)13(15)10-6-2-1-3-7-10;1-3-7-4-2-6(1)5-8-7/h1-9,14H;1-4H,5H2. The van der Waals surface area contributed by atoms with Crippen LogP contribution in [0.4, 0.5) is 0 Å². The van der Waals surface area contributed by atoms with Crippen molar-refractivity contribution in [2.45, 2.75) is 6.61 Å². The molecular formula is C20H16O3. The highest BCUT2D eigenvalue weighted by molar-refractivity contribution is 6.10. The lowest BCUT2D eigenvalue weighted by atomic mass is 10.0. The van der Waals surface area contributed by atoms with Gasteiger partial charge in [0.25, 0.3) is 0 Å². The molecule has 0 aromatic heterocycles. The Bertz CT molecular complexity index is 770. The summed E-state index contributed by atoms with van der Waals surface area (Å²) in [5.41, 5.74) is 2.18. The van der Waals surface area contributed by atoms with E-state index in [0.717, 1.165) is 12.4 Å². The number of rotatable bonds is 2. The molecule has 0 radical (unpaired) electrons. The number of ether oxygens (including phenoxy) is 1. The smallest absolute Gasteiger partial charge is 0.196 e. The van der Waals surface area contributed by atoms with Gasteiger partial charge in [-0.05, 0) is 29.8 Å². The molecule has 0 saturated carbocycles. The Morgan fingerprint density at radius 2 is 1.48 bits per heavy atom. The van der Waals surface area contributed by atoms with Crippen LogP contribution >= 0.6 is 0 Å². The predicted molar refractivity (Wildman–Crippen MR) is 88.8 cm³/mol. The molecular weight excluding hydrogens is 288 g/mol. The van der Waals surface area contributed by atoms with E-state index < -0.39 is 0 Å². The number of fused-ring (bicyclic) bond motifs is 3. The highest BCUT2D eigenvalue weighted by Gasteiger charge is 2.11. The first-order valence-corrected chi connectivity index (χ1v) is 7.33. The lowest BCUT2D eigenvalue weighted by molar-refractivity contribution is 0.103. The van der Waals surface area contributed by atoms with Crippen LogP contribution in [0.25, 0.3) is 0 Å². The average molecular weight is 304 g/mol. The van der Waals surface area contributed by atoms with Gasteiger partial charge in [0.1, 0.15) is 18.1 Å². The molecule has 3 heteroatoms. The fraction of sp³-hybridized carbons (Fsp3) is 0.0500. The molecule has 0 saturated heterocycles. The number of phenolic OH excluding ortho intramolecular Hbond substituents is 1. The van der Waals surface area contributed by atoms with Gasteiger partial charge in [-0.15, -0.1) is 0 Å². The zero-order valence-electron chi connectivity index (χ0n) is 12.5. The predicted octanol–water partition coefficient (Wildman–Crippen LogP) is 4.20. The van der Waals surface area contributed by atoms with E-state index in [9.17, 15) is 9.90 Å². The number of phenols is 1. The lowest BCUT2D eigenvalue weighted by Gasteiger charge is -2.11. The summed E-state index contributed by atoms with van der Waals surface area (Å²) in [6.45, 7) is 0.766. The fourth-order valence-electron chi connectivity index (χ4n) is 2.26. The normalized spacial score (nSPS) is 11.1. The Morgan fingerprint density at radius 3 is 1.96 bits per heavy atom. The Morgan fingerprint density at radius 1 is 0.826 bits per heavy atom. The van der Waals surface area contributed by atoms with Crippen LogP contribution < -0.4 is 4.74 Å². The Kier molecular flexibility index (Phi) is 4.39. The molecule has 1 N–H and O–H groups in total. The summed E-state index contributed by atoms with van der Waals surface area (Å²) in [6, 6.07) is 23.6. The summed E-state index contributed by atoms with van der Waals surface area (Å²) in [6.07, 6.45) is 0. The first-order chi connectivity index (χ1) is 11.2. The first kappa shape index (κ1) is 14.9. The van der Waals surface area contributed by atoms with Gasteiger partial charge in [0, 0.05) is 5.56 Å². The maximum Gasteiger partial charge on any atom is 0.196 e. The van der Waals surface area contributed by atoms with Gasteiger partial charge in [0.05, 0.1) is 5.56 Å². The number of benzene rings is 3. The van der Waals surface area contributed by atoms with Crippen LogP contribution in [0, 0.1) is 0 Å². The zero-order chi connectivity index (χ0) is 16.1. The second kappa shape index (κ2) is 6.79. The Balaban J connectivity index is 0.000000162. The molecule has 114 valence electrons. The minimum absolute atomic E-state index is 0.0198. The van der Waals surface area contributed by atoms with Gasteiger partial charge in [-0.25, -0.2) is 0 Å². The molecule has 0 unspecified atom stereocenters. The summed E-state index contributed by atoms with van der Waals surface area (Å²) >= 11 is 0. The van der Waals surface area contributed by atoms with Crippen molar-refractivity contribution in [3.8, 4) is 11.5 Å². The molecule has 3 aromatic carbocycles. The third kappa shape index (κ3) is 3.58. The molecule has 2 heterocycles. The highest BCUT2D eigenvalue weighted by atomic mass is 16.5. The fourth-order valence-corrected chi connectivity index (χ4v) is 2.26. The summed E-state index contributed by atoms with van der Waals surface area (Å²) in [5.74, 6) is 0.847. The second-order valence-electron chi connectivity index (χ2n) is 5.14. The molecule has 2 aliphatic rings. The van der Waals surface area contributed by atoms with E-state index in [0.29, 0.717) is 11.1 Å². The van der Waals surface area contributed by atoms with Crippen LogP contribution in [0.1, 0.15) is 21.5 Å². The Hall–Kier alpha value is -3.07. The number of hydrogen-bond donors (Lipinski definition) is 1. The molecule has 0 fully saturated rings. The van der Waals surface area contributed by atoms with Crippen molar-refractivity contribution in [3.63, 3.8) is 0 Å². The molecule has 23 heavy (non-hydrogen) atoms. The third-order valence-corrected chi connectivity index (χ3v) is 3.51. The number of ketones is 1. The van der Waals surface area contributed by atoms with Crippen molar-refractivity contribution in [2.75, 3.05) is 0 Å². The summed E-state index contributed by atoms with van der Waals surface area (Å²) in [7, 11) is 0. The topological polar surface area (TPSA) is 46.5 Å². The van der Waals surface area contributed by atoms with Gasteiger partial charge >= 0.3 is 0 Å². The number of carbonyl (C=O) groups is 1. The number of para-hydroxylation sites is 1. The molecule has 2 bridgehead atoms. The molecule has 3 aromatic rings. The summed E-state index contributed by atoms with van der Waals surface area (Å²) < 4.78 is 5.18. The molecule has 0 spiro atoms. The van der Waals surface area contributed by atoms with Crippen LogP contribution in [0.5, 0.6) is 11.5 Å². The SMILES string of the molecule is O=C(c1ccccc1)c1ccccc1O.c1cc2ccc1CO2. The van der Waals surface area contributed by atoms with Crippen LogP contribution in [0.3, 0.4) is 0 Å². The van der Waals surface area contributed by atoms with Gasteiger partial charge in [-0.1, -0.05) is 54.6 Å². The molecule has 0 atom stereocenters. The van der Waals surface area contributed by atoms with Crippen LogP contribution in [0.15, 0.2) is 78.9 Å². The molecule has 5 rings (SSSR count). The van der Waals surface area contributed by atoms with Crippen molar-refractivity contribution in [2.24, 2.45) is 0 Å².